The third-order valence-electron chi connectivity index (χ3n) is 4.77. The van der Waals surface area contributed by atoms with Gasteiger partial charge in [0.1, 0.15) is 12.4 Å². The van der Waals surface area contributed by atoms with E-state index in [9.17, 15) is 0 Å². The number of nitrogens with zero attached hydrogens (tertiary/aromatic N) is 2. The van der Waals surface area contributed by atoms with Crippen molar-refractivity contribution in [1.29, 1.82) is 5.26 Å². The van der Waals surface area contributed by atoms with Crippen LogP contribution < -0.4 is 10.1 Å². The van der Waals surface area contributed by atoms with Gasteiger partial charge in [0.2, 0.25) is 0 Å². The monoisotopic (exact) mass is 285 g/mol. The normalized spacial score (nSPS) is 27.6. The summed E-state index contributed by atoms with van der Waals surface area (Å²) >= 11 is 0. The predicted octanol–water partition coefficient (Wildman–Crippen LogP) is 2.15. The van der Waals surface area contributed by atoms with Crippen molar-refractivity contribution in [2.75, 3.05) is 20.2 Å². The van der Waals surface area contributed by atoms with Crippen molar-refractivity contribution in [2.45, 2.75) is 43.8 Å². The molecule has 4 heteroatoms. The molecule has 2 aliphatic rings. The van der Waals surface area contributed by atoms with Gasteiger partial charge in [0.25, 0.3) is 0 Å². The quantitative estimate of drug-likeness (QED) is 0.900. The third-order valence-corrected chi connectivity index (χ3v) is 4.77. The molecule has 1 aromatic rings. The standard InChI is InChI=1S/C17H23N3O/c1-20(16-10-14-4-5-15(11-16)19-14)8-9-21-17-6-2-13(12-18)3-7-17/h2-3,6-7,14-16,19H,4-5,8-11H2,1H3. The average molecular weight is 285 g/mol. The van der Waals surface area contributed by atoms with Crippen LogP contribution >= 0.6 is 0 Å². The Morgan fingerprint density at radius 1 is 1.24 bits per heavy atom. The summed E-state index contributed by atoms with van der Waals surface area (Å²) in [5.74, 6) is 0.841. The Morgan fingerprint density at radius 2 is 1.90 bits per heavy atom. The fraction of sp³-hybridized carbons (Fsp3) is 0.588. The zero-order chi connectivity index (χ0) is 14.7. The highest BCUT2D eigenvalue weighted by Crippen LogP contribution is 2.29. The molecule has 2 heterocycles. The van der Waals surface area contributed by atoms with Crippen molar-refractivity contribution in [3.05, 3.63) is 29.8 Å². The zero-order valence-corrected chi connectivity index (χ0v) is 12.6. The molecule has 2 atom stereocenters. The number of hydrogen-bond donors (Lipinski definition) is 1. The van der Waals surface area contributed by atoms with Gasteiger partial charge in [0.15, 0.2) is 0 Å². The number of benzene rings is 1. The van der Waals surface area contributed by atoms with Crippen molar-refractivity contribution >= 4 is 0 Å². The molecule has 1 N–H and O–H groups in total. The number of nitriles is 1. The molecule has 2 saturated heterocycles. The van der Waals surface area contributed by atoms with Crippen LogP contribution in [0, 0.1) is 11.3 Å². The van der Waals surface area contributed by atoms with Gasteiger partial charge in [-0.25, -0.2) is 0 Å². The summed E-state index contributed by atoms with van der Waals surface area (Å²) in [6, 6.07) is 11.6. The highest BCUT2D eigenvalue weighted by atomic mass is 16.5. The lowest BCUT2D eigenvalue weighted by Crippen LogP contribution is -2.47. The first-order valence-electron chi connectivity index (χ1n) is 7.84. The average Bonchev–Trinajstić information content (AvgIpc) is 2.86. The lowest BCUT2D eigenvalue weighted by atomic mass is 9.99. The van der Waals surface area contributed by atoms with Crippen LogP contribution in [-0.2, 0) is 0 Å². The van der Waals surface area contributed by atoms with E-state index in [0.29, 0.717) is 18.2 Å². The Kier molecular flexibility index (Phi) is 4.42. The lowest BCUT2D eigenvalue weighted by Gasteiger charge is -2.35. The Labute approximate surface area is 126 Å². The molecule has 0 radical (unpaired) electrons. The molecule has 2 aliphatic heterocycles. The first-order valence-corrected chi connectivity index (χ1v) is 7.84. The van der Waals surface area contributed by atoms with Crippen molar-refractivity contribution in [2.24, 2.45) is 0 Å². The van der Waals surface area contributed by atoms with Crippen LogP contribution in [0.1, 0.15) is 31.2 Å². The van der Waals surface area contributed by atoms with Crippen LogP contribution in [0.5, 0.6) is 5.75 Å². The molecule has 2 unspecified atom stereocenters. The summed E-state index contributed by atoms with van der Waals surface area (Å²) in [5, 5.41) is 12.5. The minimum atomic E-state index is 0.671. The van der Waals surface area contributed by atoms with E-state index in [1.807, 2.05) is 12.1 Å². The first-order chi connectivity index (χ1) is 10.2. The number of nitrogens with one attached hydrogen (secondary N) is 1. The molecular formula is C17H23N3O. The van der Waals surface area contributed by atoms with Crippen LogP contribution in [0.15, 0.2) is 24.3 Å². The SMILES string of the molecule is CN(CCOc1ccc(C#N)cc1)C1CC2CCC(C1)N2. The second kappa shape index (κ2) is 6.46. The van der Waals surface area contributed by atoms with Crippen LogP contribution in [0.4, 0.5) is 0 Å². The van der Waals surface area contributed by atoms with Crippen LogP contribution in [0.2, 0.25) is 0 Å². The van der Waals surface area contributed by atoms with Gasteiger partial charge in [0.05, 0.1) is 11.6 Å². The molecule has 0 aliphatic carbocycles. The van der Waals surface area contributed by atoms with Crippen molar-refractivity contribution in [3.8, 4) is 11.8 Å². The lowest BCUT2D eigenvalue weighted by molar-refractivity contribution is 0.147. The van der Waals surface area contributed by atoms with Gasteiger partial charge < -0.3 is 10.1 Å². The van der Waals surface area contributed by atoms with E-state index in [4.69, 9.17) is 10.00 Å². The maximum Gasteiger partial charge on any atom is 0.119 e. The van der Waals surface area contributed by atoms with E-state index in [0.717, 1.165) is 24.4 Å². The smallest absolute Gasteiger partial charge is 0.119 e. The summed E-state index contributed by atoms with van der Waals surface area (Å²) in [7, 11) is 2.21. The van der Waals surface area contributed by atoms with E-state index in [-0.39, 0.29) is 0 Å². The minimum absolute atomic E-state index is 0.671. The van der Waals surface area contributed by atoms with Crippen LogP contribution in [0.25, 0.3) is 0 Å². The topological polar surface area (TPSA) is 48.3 Å². The number of ether oxygens (including phenoxy) is 1. The molecule has 0 saturated carbocycles. The highest BCUT2D eigenvalue weighted by Gasteiger charge is 2.34. The van der Waals surface area contributed by atoms with E-state index in [1.165, 1.54) is 25.7 Å². The van der Waals surface area contributed by atoms with E-state index in [2.05, 4.69) is 23.3 Å². The summed E-state index contributed by atoms with van der Waals surface area (Å²) in [4.78, 5) is 2.44. The number of likely N-dealkylation sites (N-methyl/N-ethyl adjacent to an activating group) is 1. The van der Waals surface area contributed by atoms with Gasteiger partial charge in [-0.2, -0.15) is 5.26 Å². The number of fused-ring (bicyclic) bond motifs is 2. The molecule has 0 spiro atoms. The summed E-state index contributed by atoms with van der Waals surface area (Å²) in [6.45, 7) is 1.64. The Balaban J connectivity index is 1.43. The van der Waals surface area contributed by atoms with Gasteiger partial charge in [-0.1, -0.05) is 0 Å². The molecule has 0 amide bonds. The van der Waals surface area contributed by atoms with Crippen molar-refractivity contribution in [3.63, 3.8) is 0 Å². The molecule has 2 bridgehead atoms. The first kappa shape index (κ1) is 14.4. The van der Waals surface area contributed by atoms with E-state index < -0.39 is 0 Å². The third kappa shape index (κ3) is 3.55. The molecular weight excluding hydrogens is 262 g/mol. The second-order valence-electron chi connectivity index (χ2n) is 6.23. The number of hydrogen-bond acceptors (Lipinski definition) is 4. The molecule has 112 valence electrons. The summed E-state index contributed by atoms with van der Waals surface area (Å²) < 4.78 is 5.77. The predicted molar refractivity (Wildman–Crippen MR) is 82.2 cm³/mol. The fourth-order valence-electron chi connectivity index (χ4n) is 3.50. The zero-order valence-electron chi connectivity index (χ0n) is 12.6. The molecule has 2 fully saturated rings. The Morgan fingerprint density at radius 3 is 2.52 bits per heavy atom. The van der Waals surface area contributed by atoms with E-state index >= 15 is 0 Å². The van der Waals surface area contributed by atoms with Gasteiger partial charge in [0, 0.05) is 24.7 Å². The van der Waals surface area contributed by atoms with Crippen molar-refractivity contribution < 1.29 is 4.74 Å². The van der Waals surface area contributed by atoms with Crippen LogP contribution in [0.3, 0.4) is 0 Å². The molecule has 1 aromatic carbocycles. The summed E-state index contributed by atoms with van der Waals surface area (Å²) in [6.07, 6.45) is 5.22. The Hall–Kier alpha value is -1.57. The number of rotatable bonds is 5. The molecule has 21 heavy (non-hydrogen) atoms. The minimum Gasteiger partial charge on any atom is -0.492 e. The fourth-order valence-corrected chi connectivity index (χ4v) is 3.50. The highest BCUT2D eigenvalue weighted by molar-refractivity contribution is 5.34. The number of piperidine rings is 1. The molecule has 3 rings (SSSR count). The summed E-state index contributed by atoms with van der Waals surface area (Å²) in [5.41, 5.74) is 0.671. The van der Waals surface area contributed by atoms with Gasteiger partial charge in [-0.05, 0) is 57.0 Å². The van der Waals surface area contributed by atoms with Crippen molar-refractivity contribution in [1.82, 2.24) is 10.2 Å². The molecule has 0 aromatic heterocycles. The maximum atomic E-state index is 8.77. The largest absolute Gasteiger partial charge is 0.492 e. The molecule has 4 nitrogen and oxygen atoms in total. The van der Waals surface area contributed by atoms with E-state index in [1.54, 1.807) is 12.1 Å². The maximum absolute atomic E-state index is 8.77. The van der Waals surface area contributed by atoms with Gasteiger partial charge in [-0.3, -0.25) is 4.90 Å². The van der Waals surface area contributed by atoms with Gasteiger partial charge >= 0.3 is 0 Å². The van der Waals surface area contributed by atoms with Gasteiger partial charge in [-0.15, -0.1) is 0 Å². The second-order valence-corrected chi connectivity index (χ2v) is 6.23. The van der Waals surface area contributed by atoms with Crippen LogP contribution in [-0.4, -0.2) is 43.2 Å². The Bertz CT molecular complexity index is 496.